The van der Waals surface area contributed by atoms with Crippen molar-refractivity contribution in [2.24, 2.45) is 0 Å². The summed E-state index contributed by atoms with van der Waals surface area (Å²) in [5, 5.41) is 18.7. The lowest BCUT2D eigenvalue weighted by molar-refractivity contribution is 0.0693. The third-order valence-electron chi connectivity index (χ3n) is 2.29. The lowest BCUT2D eigenvalue weighted by atomic mass is 10.1. The molecule has 5 heteroatoms. The fraction of sp³-hybridized carbons (Fsp3) is 0.0909. The van der Waals surface area contributed by atoms with Crippen LogP contribution in [0.25, 0.3) is 10.9 Å². The number of alkyl halides is 1. The number of hydrogen-bond donors (Lipinski definition) is 2. The molecule has 0 radical (unpaired) electrons. The minimum absolute atomic E-state index is 0.263. The van der Waals surface area contributed by atoms with Crippen molar-refractivity contribution < 1.29 is 19.4 Å². The normalized spacial score (nSPS) is 10.6. The maximum Gasteiger partial charge on any atom is 0.341 e. The van der Waals surface area contributed by atoms with Gasteiger partial charge in [0.15, 0.2) is 0 Å². The topological polar surface area (TPSA) is 70.4 Å². The van der Waals surface area contributed by atoms with Gasteiger partial charge >= 0.3 is 5.97 Å². The van der Waals surface area contributed by atoms with Gasteiger partial charge in [-0.1, -0.05) is 6.07 Å². The van der Waals surface area contributed by atoms with Crippen molar-refractivity contribution in [3.05, 3.63) is 35.5 Å². The molecule has 4 nitrogen and oxygen atoms in total. The lowest BCUT2D eigenvalue weighted by Crippen LogP contribution is -1.98. The monoisotopic (exact) mass is 221 g/mol. The summed E-state index contributed by atoms with van der Waals surface area (Å²) in [5.74, 6) is -1.59. The molecular weight excluding hydrogens is 213 g/mol. The first kappa shape index (κ1) is 10.4. The standard InChI is InChI=1S/C11H8FNO3/c12-4-6-1-2-7-9(3-6)13-5-8(10(7)14)11(15)16/h1-3,5H,4H2,(H,13,14)(H,15,16). The first-order valence-electron chi connectivity index (χ1n) is 4.53. The van der Waals surface area contributed by atoms with E-state index in [0.29, 0.717) is 16.5 Å². The number of halogens is 1. The van der Waals surface area contributed by atoms with Crippen LogP contribution in [0.3, 0.4) is 0 Å². The van der Waals surface area contributed by atoms with E-state index in [-0.39, 0.29) is 11.3 Å². The van der Waals surface area contributed by atoms with Crippen molar-refractivity contribution >= 4 is 16.9 Å². The van der Waals surface area contributed by atoms with E-state index in [1.165, 1.54) is 18.2 Å². The van der Waals surface area contributed by atoms with Gasteiger partial charge < -0.3 is 10.2 Å². The predicted molar refractivity (Wildman–Crippen MR) is 55.2 cm³/mol. The van der Waals surface area contributed by atoms with Gasteiger partial charge in [0, 0.05) is 11.6 Å². The fourth-order valence-electron chi connectivity index (χ4n) is 1.46. The predicted octanol–water partition coefficient (Wildman–Crippen LogP) is 2.11. The Bertz CT molecular complexity index is 568. The van der Waals surface area contributed by atoms with Crippen molar-refractivity contribution in [3.63, 3.8) is 0 Å². The molecule has 0 aliphatic rings. The van der Waals surface area contributed by atoms with Crippen LogP contribution in [0, 0.1) is 0 Å². The third-order valence-corrected chi connectivity index (χ3v) is 2.29. The van der Waals surface area contributed by atoms with Crippen LogP contribution >= 0.6 is 0 Å². The Balaban J connectivity index is 2.71. The molecule has 0 saturated heterocycles. The van der Waals surface area contributed by atoms with E-state index in [1.807, 2.05) is 0 Å². The number of carboxylic acids is 1. The fourth-order valence-corrected chi connectivity index (χ4v) is 1.46. The molecule has 16 heavy (non-hydrogen) atoms. The van der Waals surface area contributed by atoms with Gasteiger partial charge in [0.25, 0.3) is 0 Å². The molecule has 82 valence electrons. The number of nitrogens with zero attached hydrogens (tertiary/aromatic N) is 1. The van der Waals surface area contributed by atoms with Crippen LogP contribution in [0.5, 0.6) is 5.75 Å². The van der Waals surface area contributed by atoms with Crippen LogP contribution in [0.4, 0.5) is 4.39 Å². The Hall–Kier alpha value is -2.17. The molecule has 0 bridgehead atoms. The van der Waals surface area contributed by atoms with Gasteiger partial charge in [0.2, 0.25) is 0 Å². The SMILES string of the molecule is O=C(O)c1cnc2cc(CF)ccc2c1O. The molecule has 0 unspecified atom stereocenters. The molecule has 0 saturated carbocycles. The Morgan fingerprint density at radius 3 is 2.81 bits per heavy atom. The maximum atomic E-state index is 12.4. The number of aromatic carboxylic acids is 1. The van der Waals surface area contributed by atoms with Gasteiger partial charge in [0.1, 0.15) is 18.0 Å². The van der Waals surface area contributed by atoms with E-state index >= 15 is 0 Å². The highest BCUT2D eigenvalue weighted by Crippen LogP contribution is 2.27. The summed E-state index contributed by atoms with van der Waals surface area (Å²) in [6.45, 7) is -0.626. The molecule has 0 aliphatic carbocycles. The highest BCUT2D eigenvalue weighted by atomic mass is 19.1. The molecule has 0 aliphatic heterocycles. The Labute approximate surface area is 90.0 Å². The summed E-state index contributed by atoms with van der Waals surface area (Å²) in [6.07, 6.45) is 1.06. The molecule has 1 aromatic heterocycles. The minimum atomic E-state index is -1.25. The highest BCUT2D eigenvalue weighted by Gasteiger charge is 2.13. The van der Waals surface area contributed by atoms with Gasteiger partial charge in [-0.25, -0.2) is 9.18 Å². The minimum Gasteiger partial charge on any atom is -0.506 e. The van der Waals surface area contributed by atoms with Gasteiger partial charge in [-0.3, -0.25) is 4.98 Å². The van der Waals surface area contributed by atoms with Crippen molar-refractivity contribution in [2.45, 2.75) is 6.67 Å². The molecule has 0 atom stereocenters. The smallest absolute Gasteiger partial charge is 0.341 e. The zero-order chi connectivity index (χ0) is 11.7. The van der Waals surface area contributed by atoms with Crippen LogP contribution in [0.2, 0.25) is 0 Å². The lowest BCUT2D eigenvalue weighted by Gasteiger charge is -2.04. The van der Waals surface area contributed by atoms with E-state index < -0.39 is 12.6 Å². The molecular formula is C11H8FNO3. The third kappa shape index (κ3) is 1.56. The number of aromatic hydroxyl groups is 1. The van der Waals surface area contributed by atoms with Crippen LogP contribution in [-0.2, 0) is 6.67 Å². The molecule has 2 rings (SSSR count). The molecule has 1 aromatic carbocycles. The van der Waals surface area contributed by atoms with E-state index in [1.54, 1.807) is 0 Å². The second kappa shape index (κ2) is 3.77. The molecule has 1 heterocycles. The summed E-state index contributed by atoms with van der Waals surface area (Å²) in [7, 11) is 0. The summed E-state index contributed by atoms with van der Waals surface area (Å²) in [5.41, 5.74) is 0.542. The van der Waals surface area contributed by atoms with E-state index in [9.17, 15) is 14.3 Å². The summed E-state index contributed by atoms with van der Waals surface area (Å²) in [6, 6.07) is 4.41. The number of rotatable bonds is 2. The number of carboxylic acid groups (broad SMARTS) is 1. The number of benzene rings is 1. The largest absolute Gasteiger partial charge is 0.506 e. The number of hydrogen-bond acceptors (Lipinski definition) is 3. The van der Waals surface area contributed by atoms with Crippen molar-refractivity contribution in [2.75, 3.05) is 0 Å². The van der Waals surface area contributed by atoms with Gasteiger partial charge in [-0.05, 0) is 17.7 Å². The highest BCUT2D eigenvalue weighted by molar-refractivity contribution is 5.98. The summed E-state index contributed by atoms with van der Waals surface area (Å²) >= 11 is 0. The van der Waals surface area contributed by atoms with Crippen LogP contribution < -0.4 is 0 Å². The average molecular weight is 221 g/mol. The quantitative estimate of drug-likeness (QED) is 0.814. The molecule has 0 spiro atoms. The van der Waals surface area contributed by atoms with Crippen molar-refractivity contribution in [1.82, 2.24) is 4.98 Å². The van der Waals surface area contributed by atoms with Gasteiger partial charge in [-0.2, -0.15) is 0 Å². The van der Waals surface area contributed by atoms with Gasteiger partial charge in [-0.15, -0.1) is 0 Å². The maximum absolute atomic E-state index is 12.4. The van der Waals surface area contributed by atoms with Crippen LogP contribution in [0.15, 0.2) is 24.4 Å². The van der Waals surface area contributed by atoms with E-state index in [0.717, 1.165) is 6.20 Å². The number of aromatic nitrogens is 1. The Kier molecular flexibility index (Phi) is 2.44. The second-order valence-electron chi connectivity index (χ2n) is 3.31. The van der Waals surface area contributed by atoms with E-state index in [2.05, 4.69) is 4.98 Å². The zero-order valence-electron chi connectivity index (χ0n) is 8.14. The zero-order valence-corrected chi connectivity index (χ0v) is 8.14. The molecule has 2 N–H and O–H groups in total. The van der Waals surface area contributed by atoms with Gasteiger partial charge in [0.05, 0.1) is 5.52 Å². The Morgan fingerprint density at radius 1 is 1.44 bits per heavy atom. The van der Waals surface area contributed by atoms with Crippen LogP contribution in [0.1, 0.15) is 15.9 Å². The van der Waals surface area contributed by atoms with Crippen LogP contribution in [-0.4, -0.2) is 21.2 Å². The number of carbonyl (C=O) groups is 1. The first-order valence-corrected chi connectivity index (χ1v) is 4.53. The average Bonchev–Trinajstić information content (AvgIpc) is 2.28. The molecule has 0 fully saturated rings. The van der Waals surface area contributed by atoms with Crippen molar-refractivity contribution in [3.8, 4) is 5.75 Å². The van der Waals surface area contributed by atoms with Crippen molar-refractivity contribution in [1.29, 1.82) is 0 Å². The first-order chi connectivity index (χ1) is 7.63. The second-order valence-corrected chi connectivity index (χ2v) is 3.31. The number of fused-ring (bicyclic) bond motifs is 1. The Morgan fingerprint density at radius 2 is 2.19 bits per heavy atom. The molecule has 0 amide bonds. The molecule has 2 aromatic rings. The van der Waals surface area contributed by atoms with E-state index in [4.69, 9.17) is 5.11 Å². The summed E-state index contributed by atoms with van der Waals surface area (Å²) < 4.78 is 12.4. The number of pyridine rings is 1. The summed E-state index contributed by atoms with van der Waals surface area (Å²) in [4.78, 5) is 14.6.